The molecule has 0 saturated heterocycles. The van der Waals surface area contributed by atoms with Crippen LogP contribution in [0.1, 0.15) is 61.8 Å². The van der Waals surface area contributed by atoms with E-state index in [0.29, 0.717) is 38.0 Å². The summed E-state index contributed by atoms with van der Waals surface area (Å²) < 4.78 is 12.3. The SMILES string of the molecule is CCOC(=O)C(C(N)=O)c1cc(Br)c(Oc2cc(CC)c(O)c(C(C)C)c2)c(Br)c1C. The van der Waals surface area contributed by atoms with Gasteiger partial charge in [-0.15, -0.1) is 0 Å². The summed E-state index contributed by atoms with van der Waals surface area (Å²) in [7, 11) is 0. The molecule has 0 saturated carbocycles. The van der Waals surface area contributed by atoms with Gasteiger partial charge in [0.1, 0.15) is 11.5 Å². The third-order valence-electron chi connectivity index (χ3n) is 4.99. The molecule has 3 N–H and O–H groups in total. The number of nitrogens with two attached hydrogens (primary N) is 1. The number of primary amides is 1. The average molecular weight is 557 g/mol. The van der Waals surface area contributed by atoms with Crippen molar-refractivity contribution in [3.8, 4) is 17.2 Å². The maximum Gasteiger partial charge on any atom is 0.323 e. The molecule has 1 unspecified atom stereocenters. The Morgan fingerprint density at radius 1 is 1.13 bits per heavy atom. The van der Waals surface area contributed by atoms with Crippen LogP contribution in [0.15, 0.2) is 27.1 Å². The van der Waals surface area contributed by atoms with Gasteiger partial charge >= 0.3 is 5.97 Å². The van der Waals surface area contributed by atoms with Crippen LogP contribution in [0.2, 0.25) is 0 Å². The second kappa shape index (κ2) is 10.5. The second-order valence-electron chi connectivity index (χ2n) is 7.43. The Labute approximate surface area is 199 Å². The van der Waals surface area contributed by atoms with Gasteiger partial charge in [-0.05, 0) is 92.9 Å². The van der Waals surface area contributed by atoms with Crippen molar-refractivity contribution in [2.45, 2.75) is 52.9 Å². The van der Waals surface area contributed by atoms with Crippen LogP contribution in [0.5, 0.6) is 17.2 Å². The number of phenols is 1. The molecule has 6 nitrogen and oxygen atoms in total. The molecule has 0 aromatic heterocycles. The van der Waals surface area contributed by atoms with E-state index >= 15 is 0 Å². The molecule has 0 radical (unpaired) electrons. The predicted molar refractivity (Wildman–Crippen MR) is 127 cm³/mol. The molecule has 2 rings (SSSR count). The lowest BCUT2D eigenvalue weighted by Crippen LogP contribution is -2.30. The van der Waals surface area contributed by atoms with Crippen LogP contribution in [-0.2, 0) is 20.7 Å². The van der Waals surface area contributed by atoms with Crippen molar-refractivity contribution in [1.82, 2.24) is 0 Å². The van der Waals surface area contributed by atoms with Crippen LogP contribution >= 0.6 is 31.9 Å². The highest BCUT2D eigenvalue weighted by atomic mass is 79.9. The quantitative estimate of drug-likeness (QED) is 0.314. The van der Waals surface area contributed by atoms with Gasteiger partial charge in [0.15, 0.2) is 11.7 Å². The molecule has 0 heterocycles. The van der Waals surface area contributed by atoms with Crippen LogP contribution in [0.3, 0.4) is 0 Å². The van der Waals surface area contributed by atoms with Gasteiger partial charge in [0.2, 0.25) is 5.91 Å². The van der Waals surface area contributed by atoms with E-state index in [2.05, 4.69) is 31.9 Å². The number of carbonyl (C=O) groups excluding carboxylic acids is 2. The van der Waals surface area contributed by atoms with Gasteiger partial charge < -0.3 is 20.3 Å². The molecule has 2 aromatic carbocycles. The molecule has 0 aliphatic heterocycles. The molecule has 31 heavy (non-hydrogen) atoms. The number of carbonyl (C=O) groups is 2. The first kappa shape index (κ1) is 25.2. The Hall–Kier alpha value is -2.06. The lowest BCUT2D eigenvalue weighted by atomic mass is 9.94. The Balaban J connectivity index is 2.56. The summed E-state index contributed by atoms with van der Waals surface area (Å²) in [6.45, 7) is 9.54. The zero-order valence-electron chi connectivity index (χ0n) is 18.2. The number of phenolic OH excluding ortho intramolecular Hbond substituents is 1. The summed E-state index contributed by atoms with van der Waals surface area (Å²) in [5.74, 6) is -1.26. The topological polar surface area (TPSA) is 98.9 Å². The third-order valence-corrected chi connectivity index (χ3v) is 6.54. The molecular weight excluding hydrogens is 530 g/mol. The Bertz CT molecular complexity index is 1000. The first-order valence-electron chi connectivity index (χ1n) is 10.0. The highest BCUT2D eigenvalue weighted by Gasteiger charge is 2.31. The summed E-state index contributed by atoms with van der Waals surface area (Å²) >= 11 is 7.02. The molecule has 0 spiro atoms. The number of aryl methyl sites for hydroxylation is 1. The van der Waals surface area contributed by atoms with Crippen molar-refractivity contribution in [2.75, 3.05) is 6.61 Å². The maximum absolute atomic E-state index is 12.3. The lowest BCUT2D eigenvalue weighted by Gasteiger charge is -2.20. The lowest BCUT2D eigenvalue weighted by molar-refractivity contribution is -0.147. The van der Waals surface area contributed by atoms with Gasteiger partial charge in [-0.1, -0.05) is 20.8 Å². The van der Waals surface area contributed by atoms with E-state index in [-0.39, 0.29) is 18.3 Å². The number of ether oxygens (including phenoxy) is 2. The van der Waals surface area contributed by atoms with Gasteiger partial charge in [-0.3, -0.25) is 9.59 Å². The Morgan fingerprint density at radius 3 is 2.29 bits per heavy atom. The number of halogens is 2. The smallest absolute Gasteiger partial charge is 0.323 e. The summed E-state index contributed by atoms with van der Waals surface area (Å²) in [6.07, 6.45) is 0.656. The summed E-state index contributed by atoms with van der Waals surface area (Å²) in [4.78, 5) is 24.3. The molecule has 1 amide bonds. The van der Waals surface area contributed by atoms with E-state index in [1.807, 2.05) is 26.8 Å². The van der Waals surface area contributed by atoms with E-state index < -0.39 is 17.8 Å². The highest BCUT2D eigenvalue weighted by molar-refractivity contribution is 9.11. The van der Waals surface area contributed by atoms with E-state index in [1.54, 1.807) is 26.0 Å². The standard InChI is InChI=1S/C23H27Br2NO5/c1-6-13-8-14(9-15(11(3)4)20(13)27)31-21-17(24)10-16(12(5)19(21)25)18(22(26)28)23(29)30-7-2/h8-11,18,27H,6-7H2,1-5H3,(H2,26,28). The summed E-state index contributed by atoms with van der Waals surface area (Å²) in [5, 5.41) is 10.5. The molecular formula is C23H27Br2NO5. The number of amides is 1. The number of esters is 1. The Kier molecular flexibility index (Phi) is 8.54. The summed E-state index contributed by atoms with van der Waals surface area (Å²) in [6, 6.07) is 5.26. The zero-order valence-corrected chi connectivity index (χ0v) is 21.4. The van der Waals surface area contributed by atoms with Gasteiger partial charge in [0, 0.05) is 5.56 Å². The fourth-order valence-electron chi connectivity index (χ4n) is 3.30. The minimum Gasteiger partial charge on any atom is -0.507 e. The Morgan fingerprint density at radius 2 is 1.77 bits per heavy atom. The van der Waals surface area contributed by atoms with E-state index in [4.69, 9.17) is 15.2 Å². The van der Waals surface area contributed by atoms with Crippen molar-refractivity contribution >= 4 is 43.7 Å². The predicted octanol–water partition coefficient (Wildman–Crippen LogP) is 5.84. The minimum atomic E-state index is -1.23. The maximum atomic E-state index is 12.3. The fraction of sp³-hybridized carbons (Fsp3) is 0.391. The molecule has 0 fully saturated rings. The van der Waals surface area contributed by atoms with Crippen molar-refractivity contribution < 1.29 is 24.2 Å². The molecule has 8 heteroatoms. The van der Waals surface area contributed by atoms with Gasteiger partial charge in [-0.2, -0.15) is 0 Å². The molecule has 0 aliphatic rings. The number of hydrogen-bond acceptors (Lipinski definition) is 5. The van der Waals surface area contributed by atoms with Crippen LogP contribution in [0.25, 0.3) is 0 Å². The molecule has 1 atom stereocenters. The van der Waals surface area contributed by atoms with Gasteiger partial charge in [-0.25, -0.2) is 0 Å². The second-order valence-corrected chi connectivity index (χ2v) is 9.08. The van der Waals surface area contributed by atoms with Crippen molar-refractivity contribution in [3.63, 3.8) is 0 Å². The fourth-order valence-corrected chi connectivity index (χ4v) is 4.62. The molecule has 0 bridgehead atoms. The number of aromatic hydroxyl groups is 1. The van der Waals surface area contributed by atoms with E-state index in [1.165, 1.54) is 0 Å². The summed E-state index contributed by atoms with van der Waals surface area (Å²) in [5.41, 5.74) is 8.15. The molecule has 168 valence electrons. The molecule has 0 aliphatic carbocycles. The number of benzene rings is 2. The van der Waals surface area contributed by atoms with Crippen molar-refractivity contribution in [2.24, 2.45) is 5.73 Å². The van der Waals surface area contributed by atoms with Crippen molar-refractivity contribution in [3.05, 3.63) is 49.4 Å². The zero-order chi connectivity index (χ0) is 23.5. The van der Waals surface area contributed by atoms with E-state index in [9.17, 15) is 14.7 Å². The van der Waals surface area contributed by atoms with Crippen molar-refractivity contribution in [1.29, 1.82) is 0 Å². The van der Waals surface area contributed by atoms with Crippen LogP contribution in [-0.4, -0.2) is 23.6 Å². The minimum absolute atomic E-state index is 0.116. The van der Waals surface area contributed by atoms with Crippen LogP contribution < -0.4 is 10.5 Å². The normalized spacial score (nSPS) is 12.0. The first-order valence-corrected chi connectivity index (χ1v) is 11.6. The van der Waals surface area contributed by atoms with Gasteiger partial charge in [0.05, 0.1) is 15.6 Å². The largest absolute Gasteiger partial charge is 0.507 e. The van der Waals surface area contributed by atoms with E-state index in [0.717, 1.165) is 11.1 Å². The highest BCUT2D eigenvalue weighted by Crippen LogP contribution is 2.44. The number of rotatable bonds is 8. The number of hydrogen-bond donors (Lipinski definition) is 2. The first-order chi connectivity index (χ1) is 14.5. The molecule has 2 aromatic rings. The van der Waals surface area contributed by atoms with Gasteiger partial charge in [0.25, 0.3) is 0 Å². The monoisotopic (exact) mass is 555 g/mol. The van der Waals surface area contributed by atoms with Crippen LogP contribution in [0.4, 0.5) is 0 Å². The third kappa shape index (κ3) is 5.41. The average Bonchev–Trinajstić information content (AvgIpc) is 2.69. The van der Waals surface area contributed by atoms with Crippen LogP contribution in [0, 0.1) is 6.92 Å².